The lowest BCUT2D eigenvalue weighted by atomic mass is 10.2. The van der Waals surface area contributed by atoms with Crippen molar-refractivity contribution in [3.05, 3.63) is 24.0 Å². The minimum absolute atomic E-state index is 0.360. The fourth-order valence-electron chi connectivity index (χ4n) is 1.76. The minimum atomic E-state index is -0.392. The van der Waals surface area contributed by atoms with Crippen LogP contribution >= 0.6 is 0 Å². The van der Waals surface area contributed by atoms with E-state index in [4.69, 9.17) is 0 Å². The number of ether oxygens (including phenoxy) is 1. The molecule has 1 saturated heterocycles. The number of hydrogen-bond donors (Lipinski definition) is 1. The second kappa shape index (κ2) is 4.94. The number of rotatable bonds is 2. The van der Waals surface area contributed by atoms with Crippen LogP contribution in [0, 0.1) is 0 Å². The number of hydrogen-bond acceptors (Lipinski definition) is 5. The normalized spacial score (nSPS) is 15.9. The van der Waals surface area contributed by atoms with Crippen LogP contribution in [0.25, 0.3) is 0 Å². The molecule has 0 atom stereocenters. The predicted molar refractivity (Wildman–Crippen MR) is 60.7 cm³/mol. The maximum Gasteiger partial charge on any atom is 0.356 e. The number of nitrogens with one attached hydrogen (secondary N) is 1. The lowest BCUT2D eigenvalue weighted by Gasteiger charge is -2.29. The molecule has 1 fully saturated rings. The van der Waals surface area contributed by atoms with E-state index in [0.29, 0.717) is 5.69 Å². The summed E-state index contributed by atoms with van der Waals surface area (Å²) in [4.78, 5) is 17.5. The average molecular weight is 221 g/mol. The molecule has 0 amide bonds. The molecular weight excluding hydrogens is 206 g/mol. The van der Waals surface area contributed by atoms with Gasteiger partial charge in [-0.15, -0.1) is 0 Å². The monoisotopic (exact) mass is 221 g/mol. The van der Waals surface area contributed by atoms with Gasteiger partial charge in [-0.1, -0.05) is 0 Å². The molecule has 0 aliphatic carbocycles. The highest BCUT2D eigenvalue weighted by molar-refractivity contribution is 5.88. The first kappa shape index (κ1) is 10.9. The summed E-state index contributed by atoms with van der Waals surface area (Å²) >= 11 is 0. The third-order valence-electron chi connectivity index (χ3n) is 2.62. The van der Waals surface area contributed by atoms with Crippen LogP contribution in [-0.4, -0.2) is 44.2 Å². The quantitative estimate of drug-likeness (QED) is 0.727. The molecule has 5 heteroatoms. The molecule has 1 aromatic rings. The maximum atomic E-state index is 11.3. The Morgan fingerprint density at radius 1 is 1.50 bits per heavy atom. The first-order valence-corrected chi connectivity index (χ1v) is 5.31. The van der Waals surface area contributed by atoms with Crippen LogP contribution in [0.4, 0.5) is 5.69 Å². The zero-order chi connectivity index (χ0) is 11.4. The summed E-state index contributed by atoms with van der Waals surface area (Å²) in [5.74, 6) is -0.392. The van der Waals surface area contributed by atoms with E-state index in [1.165, 1.54) is 7.11 Å². The number of carbonyl (C=O) groups is 1. The van der Waals surface area contributed by atoms with Gasteiger partial charge in [0.25, 0.3) is 0 Å². The van der Waals surface area contributed by atoms with E-state index in [9.17, 15) is 4.79 Å². The summed E-state index contributed by atoms with van der Waals surface area (Å²) in [6.07, 6.45) is 1.64. The van der Waals surface area contributed by atoms with Crippen LogP contribution in [0.15, 0.2) is 18.3 Å². The number of nitrogens with zero attached hydrogens (tertiary/aromatic N) is 2. The molecule has 0 radical (unpaired) electrons. The lowest BCUT2D eigenvalue weighted by molar-refractivity contribution is 0.0594. The van der Waals surface area contributed by atoms with Crippen LogP contribution in [0.1, 0.15) is 10.5 Å². The van der Waals surface area contributed by atoms with Crippen molar-refractivity contribution in [2.24, 2.45) is 0 Å². The van der Waals surface area contributed by atoms with E-state index in [-0.39, 0.29) is 0 Å². The Balaban J connectivity index is 2.17. The second-order valence-electron chi connectivity index (χ2n) is 3.63. The summed E-state index contributed by atoms with van der Waals surface area (Å²) in [6, 6.07) is 3.69. The number of aromatic nitrogens is 1. The van der Waals surface area contributed by atoms with Crippen LogP contribution in [0.3, 0.4) is 0 Å². The van der Waals surface area contributed by atoms with Crippen molar-refractivity contribution in [3.8, 4) is 0 Å². The first-order valence-electron chi connectivity index (χ1n) is 5.31. The van der Waals surface area contributed by atoms with Gasteiger partial charge in [0.15, 0.2) is 0 Å². The summed E-state index contributed by atoms with van der Waals surface area (Å²) in [7, 11) is 1.36. The molecule has 1 N–H and O–H groups in total. The molecule has 16 heavy (non-hydrogen) atoms. The minimum Gasteiger partial charge on any atom is -0.464 e. The maximum absolute atomic E-state index is 11.3. The van der Waals surface area contributed by atoms with Crippen molar-refractivity contribution in [1.82, 2.24) is 10.3 Å². The Hall–Kier alpha value is -1.62. The Morgan fingerprint density at radius 2 is 2.25 bits per heavy atom. The van der Waals surface area contributed by atoms with Gasteiger partial charge in [0.1, 0.15) is 5.69 Å². The molecule has 86 valence electrons. The van der Waals surface area contributed by atoms with Gasteiger partial charge in [-0.2, -0.15) is 0 Å². The summed E-state index contributed by atoms with van der Waals surface area (Å²) in [5, 5.41) is 3.28. The zero-order valence-corrected chi connectivity index (χ0v) is 9.27. The van der Waals surface area contributed by atoms with Crippen molar-refractivity contribution >= 4 is 11.7 Å². The van der Waals surface area contributed by atoms with Crippen LogP contribution in [0.2, 0.25) is 0 Å². The summed E-state index contributed by atoms with van der Waals surface area (Å²) in [5.41, 5.74) is 1.38. The van der Waals surface area contributed by atoms with Crippen LogP contribution in [-0.2, 0) is 4.74 Å². The Labute approximate surface area is 94.4 Å². The largest absolute Gasteiger partial charge is 0.464 e. The van der Waals surface area contributed by atoms with Gasteiger partial charge in [-0.3, -0.25) is 0 Å². The summed E-state index contributed by atoms with van der Waals surface area (Å²) in [6.45, 7) is 3.83. The standard InChI is InChI=1S/C11H15N3O2/c1-16-11(15)10-8-9(2-3-13-10)14-6-4-12-5-7-14/h2-3,8,12H,4-7H2,1H3. The molecular formula is C11H15N3O2. The van der Waals surface area contributed by atoms with Crippen molar-refractivity contribution < 1.29 is 9.53 Å². The lowest BCUT2D eigenvalue weighted by Crippen LogP contribution is -2.43. The van der Waals surface area contributed by atoms with E-state index >= 15 is 0 Å². The van der Waals surface area contributed by atoms with E-state index in [2.05, 4.69) is 19.9 Å². The molecule has 0 bridgehead atoms. The number of piperazine rings is 1. The van der Waals surface area contributed by atoms with E-state index in [1.54, 1.807) is 12.3 Å². The molecule has 1 aliphatic heterocycles. The van der Waals surface area contributed by atoms with Crippen LogP contribution < -0.4 is 10.2 Å². The van der Waals surface area contributed by atoms with Crippen molar-refractivity contribution in [2.75, 3.05) is 38.2 Å². The predicted octanol–water partition coefficient (Wildman–Crippen LogP) is 0.278. The highest BCUT2D eigenvalue weighted by Crippen LogP contribution is 2.15. The number of pyridine rings is 1. The van der Waals surface area contributed by atoms with E-state index < -0.39 is 5.97 Å². The van der Waals surface area contributed by atoms with Crippen molar-refractivity contribution in [3.63, 3.8) is 0 Å². The first-order chi connectivity index (χ1) is 7.81. The van der Waals surface area contributed by atoms with Crippen molar-refractivity contribution in [2.45, 2.75) is 0 Å². The molecule has 0 saturated carbocycles. The van der Waals surface area contributed by atoms with Crippen LogP contribution in [0.5, 0.6) is 0 Å². The van der Waals surface area contributed by atoms with Gasteiger partial charge in [0.05, 0.1) is 7.11 Å². The fraction of sp³-hybridized carbons (Fsp3) is 0.455. The van der Waals surface area contributed by atoms with Crippen molar-refractivity contribution in [1.29, 1.82) is 0 Å². The number of carbonyl (C=O) groups excluding carboxylic acids is 1. The molecule has 0 unspecified atom stereocenters. The van der Waals surface area contributed by atoms with Gasteiger partial charge in [0, 0.05) is 38.1 Å². The Morgan fingerprint density at radius 3 is 2.94 bits per heavy atom. The highest BCUT2D eigenvalue weighted by atomic mass is 16.5. The number of anilines is 1. The Kier molecular flexibility index (Phi) is 3.36. The van der Waals surface area contributed by atoms with Gasteiger partial charge >= 0.3 is 5.97 Å². The van der Waals surface area contributed by atoms with Gasteiger partial charge in [-0.05, 0) is 12.1 Å². The van der Waals surface area contributed by atoms with E-state index in [1.807, 2.05) is 6.07 Å². The summed E-state index contributed by atoms with van der Waals surface area (Å²) < 4.78 is 4.65. The van der Waals surface area contributed by atoms with E-state index in [0.717, 1.165) is 31.9 Å². The van der Waals surface area contributed by atoms with Gasteiger partial charge < -0.3 is 15.0 Å². The number of methoxy groups -OCH3 is 1. The molecule has 2 rings (SSSR count). The third kappa shape index (κ3) is 2.30. The average Bonchev–Trinajstić information content (AvgIpc) is 2.39. The molecule has 0 spiro atoms. The van der Waals surface area contributed by atoms with Gasteiger partial charge in [0.2, 0.25) is 0 Å². The molecule has 5 nitrogen and oxygen atoms in total. The fourth-order valence-corrected chi connectivity index (χ4v) is 1.76. The highest BCUT2D eigenvalue weighted by Gasteiger charge is 2.13. The third-order valence-corrected chi connectivity index (χ3v) is 2.62. The molecule has 0 aromatic carbocycles. The van der Waals surface area contributed by atoms with Gasteiger partial charge in [-0.25, -0.2) is 9.78 Å². The molecule has 1 aromatic heterocycles. The topological polar surface area (TPSA) is 54.5 Å². The smallest absolute Gasteiger partial charge is 0.356 e. The molecule has 1 aliphatic rings. The second-order valence-corrected chi connectivity index (χ2v) is 3.63. The SMILES string of the molecule is COC(=O)c1cc(N2CCNCC2)ccn1. The Bertz CT molecular complexity index is 375. The molecule has 2 heterocycles. The number of esters is 1. The zero-order valence-electron chi connectivity index (χ0n) is 9.27.